The SMILES string of the molecule is CC/C(C)=C/NC(=O)Nc1ccc(N2CCCCC2)cc1. The first-order chi connectivity index (χ1) is 10.2. The van der Waals surface area contributed by atoms with Crippen LogP contribution in [-0.4, -0.2) is 19.1 Å². The minimum Gasteiger partial charge on any atom is -0.372 e. The summed E-state index contributed by atoms with van der Waals surface area (Å²) in [7, 11) is 0. The normalized spacial score (nSPS) is 15.7. The van der Waals surface area contributed by atoms with E-state index < -0.39 is 0 Å². The second-order valence-corrected chi connectivity index (χ2v) is 5.54. The summed E-state index contributed by atoms with van der Waals surface area (Å²) in [6.45, 7) is 6.32. The van der Waals surface area contributed by atoms with Crippen LogP contribution in [0.25, 0.3) is 0 Å². The fourth-order valence-corrected chi connectivity index (χ4v) is 2.37. The Labute approximate surface area is 127 Å². The molecule has 0 atom stereocenters. The summed E-state index contributed by atoms with van der Waals surface area (Å²) in [6.07, 6.45) is 6.56. The number of carbonyl (C=O) groups excluding carboxylic acids is 1. The van der Waals surface area contributed by atoms with E-state index in [9.17, 15) is 4.79 Å². The molecule has 21 heavy (non-hydrogen) atoms. The maximum atomic E-state index is 11.7. The molecule has 2 N–H and O–H groups in total. The third-order valence-corrected chi connectivity index (χ3v) is 3.85. The third kappa shape index (κ3) is 4.81. The maximum absolute atomic E-state index is 11.7. The van der Waals surface area contributed by atoms with Crippen molar-refractivity contribution in [1.29, 1.82) is 0 Å². The molecule has 2 amide bonds. The summed E-state index contributed by atoms with van der Waals surface area (Å²) in [4.78, 5) is 14.1. The fourth-order valence-electron chi connectivity index (χ4n) is 2.37. The number of carbonyl (C=O) groups is 1. The van der Waals surface area contributed by atoms with Gasteiger partial charge in [0.25, 0.3) is 0 Å². The number of amides is 2. The van der Waals surface area contributed by atoms with Crippen LogP contribution < -0.4 is 15.5 Å². The van der Waals surface area contributed by atoms with Gasteiger partial charge in [-0.2, -0.15) is 0 Å². The molecular weight excluding hydrogens is 262 g/mol. The van der Waals surface area contributed by atoms with Crippen molar-refractivity contribution in [2.75, 3.05) is 23.3 Å². The van der Waals surface area contributed by atoms with Gasteiger partial charge < -0.3 is 15.5 Å². The number of urea groups is 1. The van der Waals surface area contributed by atoms with Gasteiger partial charge in [-0.1, -0.05) is 12.5 Å². The molecular formula is C17H25N3O. The Morgan fingerprint density at radius 1 is 1.19 bits per heavy atom. The van der Waals surface area contributed by atoms with Crippen molar-refractivity contribution in [2.45, 2.75) is 39.5 Å². The highest BCUT2D eigenvalue weighted by Gasteiger charge is 2.10. The standard InChI is InChI=1S/C17H25N3O/c1-3-14(2)13-18-17(21)19-15-7-9-16(10-8-15)20-11-5-4-6-12-20/h7-10,13H,3-6,11-12H2,1-2H3,(H2,18,19,21)/b14-13+. The van der Waals surface area contributed by atoms with E-state index in [0.717, 1.165) is 30.8 Å². The van der Waals surface area contributed by atoms with Crippen molar-refractivity contribution in [3.8, 4) is 0 Å². The number of hydrogen-bond donors (Lipinski definition) is 2. The Bertz CT molecular complexity index is 487. The van der Waals surface area contributed by atoms with Crippen LogP contribution in [0, 0.1) is 0 Å². The van der Waals surface area contributed by atoms with Crippen molar-refractivity contribution < 1.29 is 4.79 Å². The predicted octanol–water partition coefficient (Wildman–Crippen LogP) is 4.11. The molecule has 114 valence electrons. The second-order valence-electron chi connectivity index (χ2n) is 5.54. The Balaban J connectivity index is 1.88. The van der Waals surface area contributed by atoms with Crippen molar-refractivity contribution in [3.63, 3.8) is 0 Å². The summed E-state index contributed by atoms with van der Waals surface area (Å²) >= 11 is 0. The average Bonchev–Trinajstić information content (AvgIpc) is 2.54. The molecule has 2 rings (SSSR count). The zero-order valence-corrected chi connectivity index (χ0v) is 13.0. The molecule has 0 bridgehead atoms. The van der Waals surface area contributed by atoms with E-state index in [1.54, 1.807) is 6.20 Å². The van der Waals surface area contributed by atoms with E-state index in [-0.39, 0.29) is 6.03 Å². The van der Waals surface area contributed by atoms with E-state index in [2.05, 4.69) is 34.6 Å². The summed E-state index contributed by atoms with van der Waals surface area (Å²) < 4.78 is 0. The molecule has 1 aliphatic rings. The molecule has 0 aliphatic carbocycles. The number of anilines is 2. The van der Waals surface area contributed by atoms with E-state index >= 15 is 0 Å². The second kappa shape index (κ2) is 7.72. The number of piperidine rings is 1. The number of hydrogen-bond acceptors (Lipinski definition) is 2. The van der Waals surface area contributed by atoms with Crippen LogP contribution in [0.2, 0.25) is 0 Å². The molecule has 1 fully saturated rings. The van der Waals surface area contributed by atoms with Crippen LogP contribution in [0.3, 0.4) is 0 Å². The average molecular weight is 287 g/mol. The highest BCUT2D eigenvalue weighted by Crippen LogP contribution is 2.21. The highest BCUT2D eigenvalue weighted by atomic mass is 16.2. The van der Waals surface area contributed by atoms with Crippen LogP contribution in [0.5, 0.6) is 0 Å². The molecule has 0 radical (unpaired) electrons. The highest BCUT2D eigenvalue weighted by molar-refractivity contribution is 5.90. The van der Waals surface area contributed by atoms with E-state index in [1.165, 1.54) is 24.9 Å². The molecule has 1 aromatic rings. The van der Waals surface area contributed by atoms with Gasteiger partial charge in [0.15, 0.2) is 0 Å². The number of rotatable bonds is 4. The first-order valence-electron chi connectivity index (χ1n) is 7.77. The van der Waals surface area contributed by atoms with Crippen LogP contribution in [0.4, 0.5) is 16.2 Å². The van der Waals surface area contributed by atoms with Crippen LogP contribution in [0.1, 0.15) is 39.5 Å². The number of nitrogens with zero attached hydrogens (tertiary/aromatic N) is 1. The molecule has 0 aromatic heterocycles. The lowest BCUT2D eigenvalue weighted by atomic mass is 10.1. The van der Waals surface area contributed by atoms with E-state index in [0.29, 0.717) is 0 Å². The number of benzene rings is 1. The predicted molar refractivity (Wildman–Crippen MR) is 88.7 cm³/mol. The van der Waals surface area contributed by atoms with Crippen molar-refractivity contribution in [1.82, 2.24) is 5.32 Å². The first kappa shape index (κ1) is 15.4. The Kier molecular flexibility index (Phi) is 5.67. The minimum absolute atomic E-state index is 0.200. The lowest BCUT2D eigenvalue weighted by molar-refractivity contribution is 0.255. The summed E-state index contributed by atoms with van der Waals surface area (Å²) in [5.41, 5.74) is 3.20. The van der Waals surface area contributed by atoms with Gasteiger partial charge in [-0.3, -0.25) is 0 Å². The third-order valence-electron chi connectivity index (χ3n) is 3.85. The van der Waals surface area contributed by atoms with E-state index in [4.69, 9.17) is 0 Å². The van der Waals surface area contributed by atoms with Crippen LogP contribution in [0.15, 0.2) is 36.0 Å². The topological polar surface area (TPSA) is 44.4 Å². The molecule has 0 spiro atoms. The van der Waals surface area contributed by atoms with Gasteiger partial charge in [-0.15, -0.1) is 0 Å². The largest absolute Gasteiger partial charge is 0.372 e. The molecule has 1 saturated heterocycles. The molecule has 1 aliphatic heterocycles. The zero-order valence-electron chi connectivity index (χ0n) is 13.0. The van der Waals surface area contributed by atoms with Gasteiger partial charge in [0, 0.05) is 30.7 Å². The molecule has 0 unspecified atom stereocenters. The zero-order chi connectivity index (χ0) is 15.1. The maximum Gasteiger partial charge on any atom is 0.323 e. The Morgan fingerprint density at radius 3 is 2.48 bits per heavy atom. The molecule has 4 nitrogen and oxygen atoms in total. The monoisotopic (exact) mass is 287 g/mol. The molecule has 0 saturated carbocycles. The van der Waals surface area contributed by atoms with Crippen molar-refractivity contribution >= 4 is 17.4 Å². The van der Waals surface area contributed by atoms with Gasteiger partial charge in [0.05, 0.1) is 0 Å². The summed E-state index contributed by atoms with van der Waals surface area (Å²) in [5, 5.41) is 5.58. The van der Waals surface area contributed by atoms with Gasteiger partial charge in [-0.25, -0.2) is 4.79 Å². The van der Waals surface area contributed by atoms with Gasteiger partial charge in [0.1, 0.15) is 0 Å². The smallest absolute Gasteiger partial charge is 0.323 e. The lowest BCUT2D eigenvalue weighted by Gasteiger charge is -2.28. The van der Waals surface area contributed by atoms with Crippen LogP contribution >= 0.6 is 0 Å². The van der Waals surface area contributed by atoms with Crippen LogP contribution in [-0.2, 0) is 0 Å². The molecule has 1 heterocycles. The Hall–Kier alpha value is -1.97. The first-order valence-corrected chi connectivity index (χ1v) is 7.77. The number of allylic oxidation sites excluding steroid dienone is 1. The minimum atomic E-state index is -0.200. The summed E-state index contributed by atoms with van der Waals surface area (Å²) in [5.74, 6) is 0. The Morgan fingerprint density at radius 2 is 1.86 bits per heavy atom. The van der Waals surface area contributed by atoms with Crippen molar-refractivity contribution in [3.05, 3.63) is 36.0 Å². The van der Waals surface area contributed by atoms with E-state index in [1.807, 2.05) is 19.1 Å². The fraction of sp³-hybridized carbons (Fsp3) is 0.471. The van der Waals surface area contributed by atoms with Gasteiger partial charge in [-0.05, 0) is 56.9 Å². The molecule has 1 aromatic carbocycles. The van der Waals surface area contributed by atoms with Gasteiger partial charge in [0.2, 0.25) is 0 Å². The van der Waals surface area contributed by atoms with Crippen molar-refractivity contribution in [2.24, 2.45) is 0 Å². The lowest BCUT2D eigenvalue weighted by Crippen LogP contribution is -2.29. The summed E-state index contributed by atoms with van der Waals surface area (Å²) in [6, 6.07) is 7.87. The van der Waals surface area contributed by atoms with Gasteiger partial charge >= 0.3 is 6.03 Å². The molecule has 4 heteroatoms. The number of nitrogens with one attached hydrogen (secondary N) is 2. The quantitative estimate of drug-likeness (QED) is 0.875.